The van der Waals surface area contributed by atoms with Crippen LogP contribution >= 0.6 is 11.6 Å². The van der Waals surface area contributed by atoms with Gasteiger partial charge in [-0.05, 0) is 48.4 Å². The summed E-state index contributed by atoms with van der Waals surface area (Å²) in [5, 5.41) is 0.529. The molecule has 1 fully saturated rings. The molecule has 120 valence electrons. The summed E-state index contributed by atoms with van der Waals surface area (Å²) in [6.45, 7) is 1.85. The van der Waals surface area contributed by atoms with Gasteiger partial charge in [0.2, 0.25) is 0 Å². The number of carbonyl (C=O) groups excluding carboxylic acids is 1. The molecule has 0 radical (unpaired) electrons. The van der Waals surface area contributed by atoms with Gasteiger partial charge in [0.05, 0.1) is 0 Å². The molecule has 0 spiro atoms. The van der Waals surface area contributed by atoms with Crippen LogP contribution in [0.5, 0.6) is 0 Å². The fourth-order valence-electron chi connectivity index (χ4n) is 2.81. The van der Waals surface area contributed by atoms with E-state index in [4.69, 9.17) is 16.3 Å². The molecule has 0 aromatic heterocycles. The number of benzene rings is 2. The van der Waals surface area contributed by atoms with Crippen LogP contribution in [-0.4, -0.2) is 12.2 Å². The summed E-state index contributed by atoms with van der Waals surface area (Å²) in [6, 6.07) is 9.28. The van der Waals surface area contributed by atoms with Crippen LogP contribution in [-0.2, 0) is 4.74 Å². The van der Waals surface area contributed by atoms with Gasteiger partial charge < -0.3 is 4.74 Å². The predicted octanol–water partition coefficient (Wildman–Crippen LogP) is 5.09. The third-order valence-corrected chi connectivity index (χ3v) is 4.06. The van der Waals surface area contributed by atoms with Crippen molar-refractivity contribution >= 4 is 23.4 Å². The number of anilines is 1. The maximum absolute atomic E-state index is 13.6. The van der Waals surface area contributed by atoms with Crippen LogP contribution in [0.1, 0.15) is 24.9 Å². The topological polar surface area (TPSA) is 29.5 Å². The highest BCUT2D eigenvalue weighted by molar-refractivity contribution is 6.30. The summed E-state index contributed by atoms with van der Waals surface area (Å²) in [5.74, 6) is -1.38. The number of rotatable bonds is 3. The van der Waals surface area contributed by atoms with Crippen molar-refractivity contribution in [1.82, 2.24) is 0 Å². The summed E-state index contributed by atoms with van der Waals surface area (Å²) < 4.78 is 32.5. The molecule has 2 aromatic carbocycles. The van der Waals surface area contributed by atoms with Crippen LogP contribution in [0.3, 0.4) is 0 Å². The van der Waals surface area contributed by atoms with E-state index in [0.29, 0.717) is 22.7 Å². The van der Waals surface area contributed by atoms with Gasteiger partial charge in [-0.2, -0.15) is 0 Å². The van der Waals surface area contributed by atoms with E-state index >= 15 is 0 Å². The van der Waals surface area contributed by atoms with Gasteiger partial charge in [-0.3, -0.25) is 4.90 Å². The van der Waals surface area contributed by atoms with Crippen LogP contribution in [0.15, 0.2) is 42.5 Å². The standard InChI is InChI=1S/C17H14ClF2NO2/c1-2-15-16(10-7-12(19)9-13(20)8-10)21(17(22)23-15)14-5-3-11(18)4-6-14/h3-9,15-16H,2H2,1H3/t15-,16-/m0/s1. The second-order valence-corrected chi connectivity index (χ2v) is 5.76. The van der Waals surface area contributed by atoms with E-state index in [1.807, 2.05) is 6.92 Å². The molecule has 2 aromatic rings. The molecule has 1 heterocycles. The Kier molecular flexibility index (Phi) is 4.22. The number of hydrogen-bond donors (Lipinski definition) is 0. The normalized spacial score (nSPS) is 20.7. The van der Waals surface area contributed by atoms with Crippen molar-refractivity contribution in [2.75, 3.05) is 4.90 Å². The molecule has 1 amide bonds. The highest BCUT2D eigenvalue weighted by atomic mass is 35.5. The average molecular weight is 338 g/mol. The predicted molar refractivity (Wildman–Crippen MR) is 83.6 cm³/mol. The van der Waals surface area contributed by atoms with Crippen LogP contribution in [0.2, 0.25) is 5.02 Å². The summed E-state index contributed by atoms with van der Waals surface area (Å²) in [7, 11) is 0. The molecule has 0 saturated carbocycles. The number of carbonyl (C=O) groups is 1. The number of cyclic esters (lactones) is 1. The minimum atomic E-state index is -0.690. The maximum Gasteiger partial charge on any atom is 0.415 e. The molecular formula is C17H14ClF2NO2. The van der Waals surface area contributed by atoms with Crippen LogP contribution in [0.4, 0.5) is 19.3 Å². The van der Waals surface area contributed by atoms with Crippen molar-refractivity contribution in [2.24, 2.45) is 0 Å². The van der Waals surface area contributed by atoms with Gasteiger partial charge in [0, 0.05) is 16.8 Å². The van der Waals surface area contributed by atoms with Gasteiger partial charge in [-0.1, -0.05) is 18.5 Å². The fraction of sp³-hybridized carbons (Fsp3) is 0.235. The summed E-state index contributed by atoms with van der Waals surface area (Å²) in [4.78, 5) is 13.7. The highest BCUT2D eigenvalue weighted by Gasteiger charge is 2.42. The van der Waals surface area contributed by atoms with Crippen molar-refractivity contribution in [3.8, 4) is 0 Å². The molecule has 23 heavy (non-hydrogen) atoms. The SMILES string of the molecule is CC[C@@H]1OC(=O)N(c2ccc(Cl)cc2)[C@H]1c1cc(F)cc(F)c1. The van der Waals surface area contributed by atoms with E-state index in [1.165, 1.54) is 17.0 Å². The Balaban J connectivity index is 2.08. The highest BCUT2D eigenvalue weighted by Crippen LogP contribution is 2.39. The Morgan fingerprint density at radius 3 is 2.30 bits per heavy atom. The average Bonchev–Trinajstić information content (AvgIpc) is 2.84. The fourth-order valence-corrected chi connectivity index (χ4v) is 2.94. The zero-order chi connectivity index (χ0) is 16.6. The van der Waals surface area contributed by atoms with Crippen molar-refractivity contribution in [1.29, 1.82) is 0 Å². The van der Waals surface area contributed by atoms with Gasteiger partial charge in [0.1, 0.15) is 23.8 Å². The van der Waals surface area contributed by atoms with Crippen molar-refractivity contribution < 1.29 is 18.3 Å². The number of halogens is 3. The van der Waals surface area contributed by atoms with Crippen molar-refractivity contribution in [3.63, 3.8) is 0 Å². The maximum atomic E-state index is 13.6. The van der Waals surface area contributed by atoms with Gasteiger partial charge in [-0.25, -0.2) is 13.6 Å². The first-order valence-electron chi connectivity index (χ1n) is 7.21. The van der Waals surface area contributed by atoms with Crippen LogP contribution in [0, 0.1) is 11.6 Å². The van der Waals surface area contributed by atoms with Gasteiger partial charge >= 0.3 is 6.09 Å². The van der Waals surface area contributed by atoms with E-state index in [-0.39, 0.29) is 0 Å². The van der Waals surface area contributed by atoms with Gasteiger partial charge in [-0.15, -0.1) is 0 Å². The molecule has 1 aliphatic heterocycles. The molecule has 3 nitrogen and oxygen atoms in total. The second-order valence-electron chi connectivity index (χ2n) is 5.32. The van der Waals surface area contributed by atoms with Crippen LogP contribution < -0.4 is 4.90 Å². The molecular weight excluding hydrogens is 324 g/mol. The van der Waals surface area contributed by atoms with Crippen LogP contribution in [0.25, 0.3) is 0 Å². The first-order chi connectivity index (χ1) is 11.0. The number of hydrogen-bond acceptors (Lipinski definition) is 2. The molecule has 1 aliphatic rings. The zero-order valence-electron chi connectivity index (χ0n) is 12.3. The number of nitrogens with zero attached hydrogens (tertiary/aromatic N) is 1. The first kappa shape index (κ1) is 15.7. The molecule has 0 bridgehead atoms. The molecule has 1 saturated heterocycles. The zero-order valence-corrected chi connectivity index (χ0v) is 13.1. The molecule has 0 aliphatic carbocycles. The van der Waals surface area contributed by atoms with Gasteiger partial charge in [0.25, 0.3) is 0 Å². The third-order valence-electron chi connectivity index (χ3n) is 3.81. The molecule has 0 unspecified atom stereocenters. The lowest BCUT2D eigenvalue weighted by atomic mass is 9.98. The van der Waals surface area contributed by atoms with E-state index in [2.05, 4.69) is 0 Å². The molecule has 3 rings (SSSR count). The lowest BCUT2D eigenvalue weighted by molar-refractivity contribution is 0.129. The smallest absolute Gasteiger partial charge is 0.415 e. The quantitative estimate of drug-likeness (QED) is 0.780. The summed E-state index contributed by atoms with van der Waals surface area (Å²) in [6.07, 6.45) is -0.508. The number of amides is 1. The minimum Gasteiger partial charge on any atom is -0.443 e. The monoisotopic (exact) mass is 337 g/mol. The van der Waals surface area contributed by atoms with E-state index in [9.17, 15) is 13.6 Å². The Labute approximate surface area is 137 Å². The minimum absolute atomic E-state index is 0.357. The van der Waals surface area contributed by atoms with E-state index in [1.54, 1.807) is 24.3 Å². The Morgan fingerprint density at radius 2 is 1.74 bits per heavy atom. The molecule has 6 heteroatoms. The van der Waals surface area contributed by atoms with Crippen molar-refractivity contribution in [3.05, 3.63) is 64.7 Å². The largest absolute Gasteiger partial charge is 0.443 e. The van der Waals surface area contributed by atoms with Crippen molar-refractivity contribution in [2.45, 2.75) is 25.5 Å². The summed E-state index contributed by atoms with van der Waals surface area (Å²) in [5.41, 5.74) is 0.917. The lowest BCUT2D eigenvalue weighted by Crippen LogP contribution is -2.29. The molecule has 0 N–H and O–H groups in total. The Hall–Kier alpha value is -2.14. The first-order valence-corrected chi connectivity index (χ1v) is 7.59. The van der Waals surface area contributed by atoms with Gasteiger partial charge in [0.15, 0.2) is 0 Å². The summed E-state index contributed by atoms with van der Waals surface area (Å²) >= 11 is 5.87. The Bertz CT molecular complexity index is 716. The Morgan fingerprint density at radius 1 is 1.13 bits per heavy atom. The van der Waals surface area contributed by atoms with E-state index in [0.717, 1.165) is 6.07 Å². The third kappa shape index (κ3) is 3.01. The molecule has 2 atom stereocenters. The second kappa shape index (κ2) is 6.16. The van der Waals surface area contributed by atoms with E-state index < -0.39 is 29.9 Å². The number of ether oxygens (including phenoxy) is 1. The lowest BCUT2D eigenvalue weighted by Gasteiger charge is -2.25.